The van der Waals surface area contributed by atoms with Crippen molar-refractivity contribution in [2.24, 2.45) is 17.1 Å². The largest absolute Gasteiger partial charge is 0.341 e. The molecule has 0 saturated carbocycles. The van der Waals surface area contributed by atoms with E-state index in [1.54, 1.807) is 4.90 Å². The molecule has 0 radical (unpaired) electrons. The van der Waals surface area contributed by atoms with E-state index >= 15 is 0 Å². The van der Waals surface area contributed by atoms with E-state index < -0.39 is 5.41 Å². The highest BCUT2D eigenvalue weighted by atomic mass is 16.2. The molecule has 0 aromatic rings. The van der Waals surface area contributed by atoms with Gasteiger partial charge in [-0.1, -0.05) is 27.7 Å². The van der Waals surface area contributed by atoms with Gasteiger partial charge in [-0.25, -0.2) is 0 Å². The predicted octanol–water partition coefficient (Wildman–Crippen LogP) is 1.76. The van der Waals surface area contributed by atoms with E-state index in [0.29, 0.717) is 38.4 Å². The SMILES string of the molecule is CC(C)CN(CCC#N)C(=O)C(C)(C)CCN. The summed E-state index contributed by atoms with van der Waals surface area (Å²) in [5, 5.41) is 8.63. The van der Waals surface area contributed by atoms with Crippen molar-refractivity contribution in [3.8, 4) is 6.07 Å². The van der Waals surface area contributed by atoms with Crippen molar-refractivity contribution >= 4 is 5.91 Å². The number of nitriles is 1. The van der Waals surface area contributed by atoms with Crippen molar-refractivity contribution in [3.63, 3.8) is 0 Å². The maximum Gasteiger partial charge on any atom is 0.228 e. The lowest BCUT2D eigenvalue weighted by molar-refractivity contribution is -0.141. The van der Waals surface area contributed by atoms with Gasteiger partial charge in [0.2, 0.25) is 5.91 Å². The fraction of sp³-hybridized carbons (Fsp3) is 0.846. The molecular weight excluding hydrogens is 214 g/mol. The molecule has 1 amide bonds. The Kier molecular flexibility index (Phi) is 6.82. The van der Waals surface area contributed by atoms with Gasteiger partial charge < -0.3 is 10.6 Å². The van der Waals surface area contributed by atoms with Crippen LogP contribution in [0.15, 0.2) is 0 Å². The Morgan fingerprint density at radius 2 is 2.06 bits per heavy atom. The second-order valence-electron chi connectivity index (χ2n) is 5.48. The second-order valence-corrected chi connectivity index (χ2v) is 5.48. The Hall–Kier alpha value is -1.08. The van der Waals surface area contributed by atoms with Gasteiger partial charge in [0.15, 0.2) is 0 Å². The average Bonchev–Trinajstić information content (AvgIpc) is 2.22. The number of carbonyl (C=O) groups excluding carboxylic acids is 1. The molecule has 4 heteroatoms. The highest BCUT2D eigenvalue weighted by molar-refractivity contribution is 5.82. The Bertz CT molecular complexity index is 279. The smallest absolute Gasteiger partial charge is 0.228 e. The molecule has 0 spiro atoms. The first-order chi connectivity index (χ1) is 7.85. The van der Waals surface area contributed by atoms with Crippen LogP contribution in [0.5, 0.6) is 0 Å². The molecule has 0 bridgehead atoms. The van der Waals surface area contributed by atoms with Crippen LogP contribution >= 0.6 is 0 Å². The zero-order valence-corrected chi connectivity index (χ0v) is 11.5. The summed E-state index contributed by atoms with van der Waals surface area (Å²) in [6.45, 7) is 9.71. The lowest BCUT2D eigenvalue weighted by Gasteiger charge is -2.32. The Balaban J connectivity index is 4.67. The van der Waals surface area contributed by atoms with E-state index in [9.17, 15) is 4.79 Å². The van der Waals surface area contributed by atoms with Crippen LogP contribution in [0.1, 0.15) is 40.5 Å². The third-order valence-corrected chi connectivity index (χ3v) is 2.71. The molecule has 0 saturated heterocycles. The van der Waals surface area contributed by atoms with Crippen molar-refractivity contribution in [3.05, 3.63) is 0 Å². The molecule has 0 aromatic carbocycles. The summed E-state index contributed by atoms with van der Waals surface area (Å²) in [7, 11) is 0. The molecule has 0 atom stereocenters. The minimum Gasteiger partial charge on any atom is -0.341 e. The first-order valence-corrected chi connectivity index (χ1v) is 6.21. The molecule has 4 nitrogen and oxygen atoms in total. The Morgan fingerprint density at radius 3 is 2.47 bits per heavy atom. The van der Waals surface area contributed by atoms with Gasteiger partial charge in [-0.15, -0.1) is 0 Å². The normalized spacial score (nSPS) is 11.4. The van der Waals surface area contributed by atoms with Gasteiger partial charge >= 0.3 is 0 Å². The highest BCUT2D eigenvalue weighted by Gasteiger charge is 2.31. The van der Waals surface area contributed by atoms with E-state index in [1.807, 2.05) is 13.8 Å². The standard InChI is InChI=1S/C13H25N3O/c1-11(2)10-16(9-5-7-14)12(17)13(3,4)6-8-15/h11H,5-6,8-10,15H2,1-4H3. The van der Waals surface area contributed by atoms with E-state index in [-0.39, 0.29) is 5.91 Å². The van der Waals surface area contributed by atoms with Crippen LogP contribution in [0.25, 0.3) is 0 Å². The lowest BCUT2D eigenvalue weighted by atomic mass is 9.87. The summed E-state index contributed by atoms with van der Waals surface area (Å²) in [4.78, 5) is 14.2. The van der Waals surface area contributed by atoms with Crippen molar-refractivity contribution in [1.29, 1.82) is 5.26 Å². The van der Waals surface area contributed by atoms with Gasteiger partial charge in [0.1, 0.15) is 0 Å². The zero-order valence-electron chi connectivity index (χ0n) is 11.5. The van der Waals surface area contributed by atoms with Gasteiger partial charge in [-0.05, 0) is 18.9 Å². The van der Waals surface area contributed by atoms with Gasteiger partial charge in [0.05, 0.1) is 12.5 Å². The molecule has 0 rings (SSSR count). The first kappa shape index (κ1) is 15.9. The predicted molar refractivity (Wildman–Crippen MR) is 69.1 cm³/mol. The van der Waals surface area contributed by atoms with Crippen molar-refractivity contribution < 1.29 is 4.79 Å². The topological polar surface area (TPSA) is 70.1 Å². The molecular formula is C13H25N3O. The van der Waals surface area contributed by atoms with E-state index in [4.69, 9.17) is 11.0 Å². The summed E-state index contributed by atoms with van der Waals surface area (Å²) < 4.78 is 0. The minimum atomic E-state index is -0.431. The van der Waals surface area contributed by atoms with Crippen LogP contribution in [0.2, 0.25) is 0 Å². The molecule has 0 fully saturated rings. The van der Waals surface area contributed by atoms with E-state index in [0.717, 1.165) is 0 Å². The average molecular weight is 239 g/mol. The van der Waals surface area contributed by atoms with Crippen molar-refractivity contribution in [1.82, 2.24) is 4.90 Å². The van der Waals surface area contributed by atoms with Crippen LogP contribution < -0.4 is 5.73 Å². The maximum atomic E-state index is 12.4. The maximum absolute atomic E-state index is 12.4. The summed E-state index contributed by atoms with van der Waals surface area (Å²) in [6.07, 6.45) is 1.06. The minimum absolute atomic E-state index is 0.104. The lowest BCUT2D eigenvalue weighted by Crippen LogP contribution is -2.44. The monoisotopic (exact) mass is 239 g/mol. The third-order valence-electron chi connectivity index (χ3n) is 2.71. The molecule has 98 valence electrons. The number of nitrogens with zero attached hydrogens (tertiary/aromatic N) is 2. The second kappa shape index (κ2) is 7.29. The quantitative estimate of drug-likeness (QED) is 0.736. The van der Waals surface area contributed by atoms with E-state index in [2.05, 4.69) is 19.9 Å². The molecule has 0 heterocycles. The van der Waals surface area contributed by atoms with Crippen LogP contribution in [-0.2, 0) is 4.79 Å². The fourth-order valence-electron chi connectivity index (χ4n) is 1.80. The van der Waals surface area contributed by atoms with Crippen LogP contribution in [0.3, 0.4) is 0 Å². The molecule has 2 N–H and O–H groups in total. The van der Waals surface area contributed by atoms with Crippen LogP contribution in [-0.4, -0.2) is 30.4 Å². The van der Waals surface area contributed by atoms with Gasteiger partial charge in [0, 0.05) is 18.5 Å². The number of amides is 1. The van der Waals surface area contributed by atoms with Crippen LogP contribution in [0, 0.1) is 22.7 Å². The molecule has 17 heavy (non-hydrogen) atoms. The van der Waals surface area contributed by atoms with Crippen LogP contribution in [0.4, 0.5) is 0 Å². The molecule has 0 aliphatic heterocycles. The molecule has 0 aliphatic rings. The van der Waals surface area contributed by atoms with Gasteiger partial charge in [-0.2, -0.15) is 5.26 Å². The van der Waals surface area contributed by atoms with Gasteiger partial charge in [0.25, 0.3) is 0 Å². The van der Waals surface area contributed by atoms with E-state index in [1.165, 1.54) is 0 Å². The molecule has 0 aromatic heterocycles. The number of hydrogen-bond acceptors (Lipinski definition) is 3. The number of rotatable bonds is 7. The van der Waals surface area contributed by atoms with Gasteiger partial charge in [-0.3, -0.25) is 4.79 Å². The Morgan fingerprint density at radius 1 is 1.47 bits per heavy atom. The number of hydrogen-bond donors (Lipinski definition) is 1. The molecule has 0 unspecified atom stereocenters. The summed E-state index contributed by atoms with van der Waals surface area (Å²) in [5.74, 6) is 0.512. The fourth-order valence-corrected chi connectivity index (χ4v) is 1.80. The summed E-state index contributed by atoms with van der Waals surface area (Å²) in [6, 6.07) is 2.09. The Labute approximate surface area is 105 Å². The number of carbonyl (C=O) groups is 1. The van der Waals surface area contributed by atoms with Crippen molar-refractivity contribution in [2.45, 2.75) is 40.5 Å². The number of nitrogens with two attached hydrogens (primary N) is 1. The summed E-state index contributed by atoms with van der Waals surface area (Å²) >= 11 is 0. The van der Waals surface area contributed by atoms with Crippen molar-refractivity contribution in [2.75, 3.05) is 19.6 Å². The zero-order chi connectivity index (χ0) is 13.5. The molecule has 0 aliphatic carbocycles. The third kappa shape index (κ3) is 5.69. The highest BCUT2D eigenvalue weighted by Crippen LogP contribution is 2.23. The first-order valence-electron chi connectivity index (χ1n) is 6.21. The summed E-state index contributed by atoms with van der Waals surface area (Å²) in [5.41, 5.74) is 5.10.